The molecule has 0 amide bonds. The maximum atomic E-state index is 10.7. The molecule has 0 aromatic heterocycles. The van der Waals surface area contributed by atoms with E-state index in [9.17, 15) is 4.79 Å². The molecule has 54 valence electrons. The lowest BCUT2D eigenvalue weighted by molar-refractivity contribution is -0.110. The quantitative estimate of drug-likeness (QED) is 0.667. The van der Waals surface area contributed by atoms with Gasteiger partial charge in [-0.05, 0) is 0 Å². The van der Waals surface area contributed by atoms with E-state index in [1.165, 1.54) is 11.8 Å². The van der Waals surface area contributed by atoms with E-state index in [0.29, 0.717) is 11.2 Å². The Bertz CT molecular complexity index is 93.1. The minimum absolute atomic E-state index is 0.279. The second-order valence-electron chi connectivity index (χ2n) is 1.82. The number of rotatable bonds is 3. The first kappa shape index (κ1) is 9.50. The van der Waals surface area contributed by atoms with Gasteiger partial charge in [0.15, 0.2) is 5.12 Å². The van der Waals surface area contributed by atoms with Crippen molar-refractivity contribution in [3.8, 4) is 0 Å². The number of hydrogen-bond donors (Lipinski definition) is 0. The van der Waals surface area contributed by atoms with Gasteiger partial charge in [-0.15, -0.1) is 0 Å². The Kier molecular flexibility index (Phi) is 5.59. The van der Waals surface area contributed by atoms with Gasteiger partial charge in [-0.3, -0.25) is 4.79 Å². The Morgan fingerprint density at radius 2 is 2.33 bits per heavy atom. The van der Waals surface area contributed by atoms with Crippen molar-refractivity contribution in [1.29, 1.82) is 0 Å². The molecule has 0 aromatic carbocycles. The molecule has 0 rings (SSSR count). The topological polar surface area (TPSA) is 17.1 Å². The van der Waals surface area contributed by atoms with Gasteiger partial charge in [-0.1, -0.05) is 41.5 Å². The smallest absolute Gasteiger partial charge is 0.188 e. The Hall–Kier alpha value is 0.500. The van der Waals surface area contributed by atoms with Gasteiger partial charge >= 0.3 is 0 Å². The second-order valence-corrected chi connectivity index (χ2v) is 4.46. The minimum atomic E-state index is 0.279. The molecule has 0 saturated heterocycles. The van der Waals surface area contributed by atoms with Crippen LogP contribution in [0.4, 0.5) is 0 Å². The number of hydrogen-bond acceptors (Lipinski definition) is 2. The predicted molar refractivity (Wildman–Crippen MR) is 46.1 cm³/mol. The molecule has 0 aliphatic heterocycles. The summed E-state index contributed by atoms with van der Waals surface area (Å²) in [4.78, 5) is 11.1. The minimum Gasteiger partial charge on any atom is -0.287 e. The molecule has 0 saturated carbocycles. The lowest BCUT2D eigenvalue weighted by atomic mass is 10.6. The number of halogens is 1. The van der Waals surface area contributed by atoms with E-state index in [4.69, 9.17) is 0 Å². The van der Waals surface area contributed by atoms with Crippen molar-refractivity contribution in [2.75, 3.05) is 5.75 Å². The van der Waals surface area contributed by atoms with E-state index in [0.717, 1.165) is 5.75 Å². The van der Waals surface area contributed by atoms with Crippen LogP contribution in [0.15, 0.2) is 0 Å². The van der Waals surface area contributed by atoms with Crippen LogP contribution in [0.3, 0.4) is 0 Å². The van der Waals surface area contributed by atoms with Crippen LogP contribution < -0.4 is 0 Å². The standard InChI is InChI=1S/C6H11BrOS/c1-3-6(8)9-4-5(2)7/h5H,3-4H2,1-2H3. The first-order chi connectivity index (χ1) is 4.16. The van der Waals surface area contributed by atoms with Crippen molar-refractivity contribution < 1.29 is 4.79 Å². The molecule has 3 heteroatoms. The fourth-order valence-corrected chi connectivity index (χ4v) is 1.33. The van der Waals surface area contributed by atoms with Crippen molar-refractivity contribution in [3.05, 3.63) is 0 Å². The highest BCUT2D eigenvalue weighted by Crippen LogP contribution is 2.10. The Balaban J connectivity index is 3.17. The summed E-state index contributed by atoms with van der Waals surface area (Å²) in [7, 11) is 0. The Morgan fingerprint density at radius 3 is 2.67 bits per heavy atom. The highest BCUT2D eigenvalue weighted by molar-refractivity contribution is 9.09. The average Bonchev–Trinajstić information content (AvgIpc) is 1.83. The van der Waals surface area contributed by atoms with Gasteiger partial charge in [0.2, 0.25) is 0 Å². The fourth-order valence-electron chi connectivity index (χ4n) is 0.310. The molecule has 0 N–H and O–H groups in total. The molecule has 1 atom stereocenters. The molecule has 0 aliphatic rings. The maximum absolute atomic E-state index is 10.7. The van der Waals surface area contributed by atoms with Gasteiger partial charge in [0.05, 0.1) is 0 Å². The second kappa shape index (κ2) is 5.30. The van der Waals surface area contributed by atoms with Crippen molar-refractivity contribution in [2.45, 2.75) is 25.1 Å². The van der Waals surface area contributed by atoms with Crippen LogP contribution in [0, 0.1) is 0 Å². The maximum Gasteiger partial charge on any atom is 0.188 e. The third-order valence-electron chi connectivity index (χ3n) is 0.763. The zero-order chi connectivity index (χ0) is 7.28. The van der Waals surface area contributed by atoms with Crippen molar-refractivity contribution in [2.24, 2.45) is 0 Å². The molecule has 0 fully saturated rings. The summed E-state index contributed by atoms with van der Waals surface area (Å²) >= 11 is 4.76. The fraction of sp³-hybridized carbons (Fsp3) is 0.833. The number of thioether (sulfide) groups is 1. The third-order valence-corrected chi connectivity index (χ3v) is 2.79. The van der Waals surface area contributed by atoms with Gasteiger partial charge in [-0.2, -0.15) is 0 Å². The van der Waals surface area contributed by atoms with Gasteiger partial charge < -0.3 is 0 Å². The first-order valence-electron chi connectivity index (χ1n) is 2.96. The number of alkyl halides is 1. The zero-order valence-electron chi connectivity index (χ0n) is 5.69. The summed E-state index contributed by atoms with van der Waals surface area (Å²) in [5.41, 5.74) is 0. The van der Waals surface area contributed by atoms with E-state index >= 15 is 0 Å². The van der Waals surface area contributed by atoms with Gasteiger partial charge in [0, 0.05) is 17.0 Å². The third kappa shape index (κ3) is 6.38. The van der Waals surface area contributed by atoms with Crippen LogP contribution in [0.25, 0.3) is 0 Å². The van der Waals surface area contributed by atoms with Crippen LogP contribution >= 0.6 is 27.7 Å². The molecular weight excluding hydrogens is 200 g/mol. The monoisotopic (exact) mass is 210 g/mol. The summed E-state index contributed by atoms with van der Waals surface area (Å²) in [5.74, 6) is 0.882. The molecule has 0 aliphatic carbocycles. The molecule has 0 spiro atoms. The van der Waals surface area contributed by atoms with Crippen LogP contribution in [-0.4, -0.2) is 15.7 Å². The molecule has 9 heavy (non-hydrogen) atoms. The molecule has 0 heterocycles. The molecular formula is C6H11BrOS. The van der Waals surface area contributed by atoms with Gasteiger partial charge in [-0.25, -0.2) is 0 Å². The Labute approximate surface area is 68.7 Å². The summed E-state index contributed by atoms with van der Waals surface area (Å²) < 4.78 is 0. The molecule has 0 bridgehead atoms. The van der Waals surface area contributed by atoms with Crippen LogP contribution in [0.2, 0.25) is 0 Å². The van der Waals surface area contributed by atoms with Crippen LogP contribution in [0.1, 0.15) is 20.3 Å². The lowest BCUT2D eigenvalue weighted by Gasteiger charge is -1.98. The lowest BCUT2D eigenvalue weighted by Crippen LogP contribution is -1.98. The first-order valence-corrected chi connectivity index (χ1v) is 4.86. The highest BCUT2D eigenvalue weighted by Gasteiger charge is 2.00. The van der Waals surface area contributed by atoms with E-state index in [1.807, 2.05) is 13.8 Å². The van der Waals surface area contributed by atoms with E-state index in [-0.39, 0.29) is 5.12 Å². The van der Waals surface area contributed by atoms with Crippen LogP contribution in [0.5, 0.6) is 0 Å². The summed E-state index contributed by atoms with van der Waals surface area (Å²) in [5, 5.41) is 0.279. The van der Waals surface area contributed by atoms with E-state index in [2.05, 4.69) is 15.9 Å². The van der Waals surface area contributed by atoms with E-state index < -0.39 is 0 Å². The van der Waals surface area contributed by atoms with Crippen molar-refractivity contribution >= 4 is 32.8 Å². The Morgan fingerprint density at radius 1 is 1.78 bits per heavy atom. The summed E-state index contributed by atoms with van der Waals surface area (Å²) in [6, 6.07) is 0. The highest BCUT2D eigenvalue weighted by atomic mass is 79.9. The van der Waals surface area contributed by atoms with Crippen molar-refractivity contribution in [1.82, 2.24) is 0 Å². The zero-order valence-corrected chi connectivity index (χ0v) is 8.09. The normalized spacial score (nSPS) is 13.2. The van der Waals surface area contributed by atoms with Gasteiger partial charge in [0.25, 0.3) is 0 Å². The SMILES string of the molecule is CCC(=O)SCC(C)Br. The summed E-state index contributed by atoms with van der Waals surface area (Å²) in [6.45, 7) is 3.92. The number of carbonyl (C=O) groups excluding carboxylic acids is 1. The van der Waals surface area contributed by atoms with Crippen LogP contribution in [-0.2, 0) is 4.79 Å². The molecule has 1 nitrogen and oxygen atoms in total. The molecule has 1 unspecified atom stereocenters. The van der Waals surface area contributed by atoms with E-state index in [1.54, 1.807) is 0 Å². The largest absolute Gasteiger partial charge is 0.287 e. The summed E-state index contributed by atoms with van der Waals surface area (Å²) in [6.07, 6.45) is 0.643. The van der Waals surface area contributed by atoms with Gasteiger partial charge in [0.1, 0.15) is 0 Å². The molecule has 0 radical (unpaired) electrons. The number of carbonyl (C=O) groups is 1. The predicted octanol–water partition coefficient (Wildman–Crippen LogP) is 2.44. The average molecular weight is 211 g/mol. The van der Waals surface area contributed by atoms with Crippen molar-refractivity contribution in [3.63, 3.8) is 0 Å². The molecule has 0 aromatic rings.